The first-order valence-electron chi connectivity index (χ1n) is 6.49. The zero-order valence-corrected chi connectivity index (χ0v) is 12.3. The number of nitrogens with one attached hydrogen (secondary N) is 1. The van der Waals surface area contributed by atoms with E-state index >= 15 is 0 Å². The minimum Gasteiger partial charge on any atom is -0.326 e. The summed E-state index contributed by atoms with van der Waals surface area (Å²) in [4.78, 5) is 18.0. The molecular weight excluding hydrogens is 296 g/mol. The van der Waals surface area contributed by atoms with Gasteiger partial charge in [0.15, 0.2) is 5.16 Å². The lowest BCUT2D eigenvalue weighted by atomic mass is 10.2. The monoisotopic (exact) mass is 311 g/mol. The smallest absolute Gasteiger partial charge is 0.251 e. The fraction of sp³-hybridized carbons (Fsp3) is 0.286. The van der Waals surface area contributed by atoms with Crippen LogP contribution in [0.4, 0.5) is 8.78 Å². The number of aromatic amines is 1. The van der Waals surface area contributed by atoms with E-state index in [9.17, 15) is 13.6 Å². The highest BCUT2D eigenvalue weighted by molar-refractivity contribution is 7.99. The summed E-state index contributed by atoms with van der Waals surface area (Å²) in [5.74, 6) is -1.44. The third-order valence-electron chi connectivity index (χ3n) is 2.77. The van der Waals surface area contributed by atoms with Crippen molar-refractivity contribution in [3.05, 3.63) is 51.4 Å². The maximum absolute atomic E-state index is 13.9. The molecule has 21 heavy (non-hydrogen) atoms. The molecule has 7 heteroatoms. The molecule has 0 spiro atoms. The van der Waals surface area contributed by atoms with Crippen molar-refractivity contribution in [3.63, 3.8) is 0 Å². The summed E-state index contributed by atoms with van der Waals surface area (Å²) in [6.07, 6.45) is 1.46. The number of halogens is 2. The fourth-order valence-corrected chi connectivity index (χ4v) is 2.66. The molecule has 0 aliphatic heterocycles. The molecule has 2 rings (SSSR count). The Labute approximate surface area is 124 Å². The molecule has 0 fully saturated rings. The van der Waals surface area contributed by atoms with Crippen molar-refractivity contribution >= 4 is 11.8 Å². The average Bonchev–Trinajstić information content (AvgIpc) is 2.42. The predicted molar refractivity (Wildman–Crippen MR) is 77.2 cm³/mol. The normalized spacial score (nSPS) is 10.9. The van der Waals surface area contributed by atoms with Gasteiger partial charge in [0.25, 0.3) is 5.56 Å². The quantitative estimate of drug-likeness (QED) is 0.833. The maximum atomic E-state index is 13.9. The van der Waals surface area contributed by atoms with Gasteiger partial charge >= 0.3 is 0 Å². The number of nitrogens with two attached hydrogens (primary N) is 1. The number of hydrogen-bond acceptors (Lipinski definition) is 4. The molecule has 2 aromatic rings. The van der Waals surface area contributed by atoms with E-state index in [1.807, 2.05) is 6.92 Å². The van der Waals surface area contributed by atoms with Gasteiger partial charge in [0.05, 0.1) is 4.90 Å². The van der Waals surface area contributed by atoms with Crippen molar-refractivity contribution in [2.45, 2.75) is 36.4 Å². The van der Waals surface area contributed by atoms with Gasteiger partial charge in [-0.05, 0) is 35.9 Å². The van der Waals surface area contributed by atoms with Crippen LogP contribution in [-0.2, 0) is 13.0 Å². The summed E-state index contributed by atoms with van der Waals surface area (Å²) in [6, 6.07) is 3.75. The van der Waals surface area contributed by atoms with Crippen molar-refractivity contribution in [2.75, 3.05) is 0 Å². The fourth-order valence-electron chi connectivity index (χ4n) is 1.84. The highest BCUT2D eigenvalue weighted by atomic mass is 32.2. The van der Waals surface area contributed by atoms with E-state index in [0.29, 0.717) is 17.7 Å². The van der Waals surface area contributed by atoms with Crippen LogP contribution in [-0.4, -0.2) is 9.97 Å². The number of hydrogen-bond donors (Lipinski definition) is 2. The third-order valence-corrected chi connectivity index (χ3v) is 3.75. The van der Waals surface area contributed by atoms with Crippen LogP contribution < -0.4 is 11.3 Å². The lowest BCUT2D eigenvalue weighted by Crippen LogP contribution is -2.10. The molecule has 0 radical (unpaired) electrons. The Morgan fingerprint density at radius 1 is 1.29 bits per heavy atom. The van der Waals surface area contributed by atoms with Crippen molar-refractivity contribution < 1.29 is 8.78 Å². The Balaban J connectivity index is 2.36. The van der Waals surface area contributed by atoms with Gasteiger partial charge in [-0.1, -0.05) is 13.3 Å². The van der Waals surface area contributed by atoms with Gasteiger partial charge in [-0.2, -0.15) is 0 Å². The van der Waals surface area contributed by atoms with Crippen LogP contribution >= 0.6 is 11.8 Å². The van der Waals surface area contributed by atoms with E-state index in [0.717, 1.165) is 18.2 Å². The molecule has 1 aromatic carbocycles. The van der Waals surface area contributed by atoms with Gasteiger partial charge in [-0.15, -0.1) is 0 Å². The zero-order chi connectivity index (χ0) is 15.4. The van der Waals surface area contributed by atoms with Crippen LogP contribution in [0.25, 0.3) is 0 Å². The van der Waals surface area contributed by atoms with Crippen LogP contribution in [0.3, 0.4) is 0 Å². The van der Waals surface area contributed by atoms with Crippen LogP contribution in [0.15, 0.2) is 33.0 Å². The number of aromatic nitrogens is 2. The molecule has 0 aliphatic carbocycles. The van der Waals surface area contributed by atoms with E-state index in [1.165, 1.54) is 18.2 Å². The van der Waals surface area contributed by atoms with Crippen LogP contribution in [0.2, 0.25) is 0 Å². The first kappa shape index (κ1) is 15.7. The molecule has 0 saturated heterocycles. The summed E-state index contributed by atoms with van der Waals surface area (Å²) in [5, 5.41) is 0.171. The van der Waals surface area contributed by atoms with E-state index in [1.54, 1.807) is 0 Å². The van der Waals surface area contributed by atoms with Gasteiger partial charge in [-0.25, -0.2) is 13.8 Å². The van der Waals surface area contributed by atoms with Crippen molar-refractivity contribution in [3.8, 4) is 0 Å². The molecule has 4 nitrogen and oxygen atoms in total. The summed E-state index contributed by atoms with van der Waals surface area (Å²) in [5.41, 5.74) is 6.00. The Bertz CT molecular complexity index is 680. The Kier molecular flexibility index (Phi) is 5.08. The van der Waals surface area contributed by atoms with Gasteiger partial charge in [0, 0.05) is 18.3 Å². The first-order chi connectivity index (χ1) is 10.0. The molecule has 0 unspecified atom stereocenters. The summed E-state index contributed by atoms with van der Waals surface area (Å²) in [7, 11) is 0. The molecular formula is C14H15F2N3OS. The highest BCUT2D eigenvalue weighted by Gasteiger charge is 2.14. The number of aryl methyl sites for hydroxylation is 1. The zero-order valence-electron chi connectivity index (χ0n) is 11.5. The predicted octanol–water partition coefficient (Wildman–Crippen LogP) is 2.61. The molecule has 0 amide bonds. The molecule has 0 bridgehead atoms. The summed E-state index contributed by atoms with van der Waals surface area (Å²) >= 11 is 0.757. The van der Waals surface area contributed by atoms with Crippen LogP contribution in [0.1, 0.15) is 24.6 Å². The second-order valence-electron chi connectivity index (χ2n) is 4.49. The molecule has 3 N–H and O–H groups in total. The van der Waals surface area contributed by atoms with E-state index < -0.39 is 11.6 Å². The average molecular weight is 311 g/mol. The number of rotatable bonds is 5. The van der Waals surface area contributed by atoms with Gasteiger partial charge in [-0.3, -0.25) is 4.79 Å². The SMILES string of the molecule is CCCc1cc(=O)[nH]c(Sc2c(F)cc(CN)cc2F)n1. The second kappa shape index (κ2) is 6.82. The van der Waals surface area contributed by atoms with Gasteiger partial charge < -0.3 is 10.7 Å². The first-order valence-corrected chi connectivity index (χ1v) is 7.31. The Morgan fingerprint density at radius 2 is 1.95 bits per heavy atom. The van der Waals surface area contributed by atoms with Crippen molar-refractivity contribution in [2.24, 2.45) is 5.73 Å². The molecule has 0 aliphatic rings. The Hall–Kier alpha value is -1.73. The van der Waals surface area contributed by atoms with E-state index in [-0.39, 0.29) is 22.2 Å². The van der Waals surface area contributed by atoms with Crippen LogP contribution in [0.5, 0.6) is 0 Å². The molecule has 112 valence electrons. The summed E-state index contributed by atoms with van der Waals surface area (Å²) < 4.78 is 27.8. The molecule has 1 aromatic heterocycles. The third kappa shape index (κ3) is 3.89. The van der Waals surface area contributed by atoms with E-state index in [2.05, 4.69) is 9.97 Å². The number of benzene rings is 1. The number of nitrogens with zero attached hydrogens (tertiary/aromatic N) is 1. The topological polar surface area (TPSA) is 71.8 Å². The highest BCUT2D eigenvalue weighted by Crippen LogP contribution is 2.30. The lowest BCUT2D eigenvalue weighted by Gasteiger charge is -2.07. The number of H-pyrrole nitrogens is 1. The molecule has 1 heterocycles. The van der Waals surface area contributed by atoms with Crippen molar-refractivity contribution in [1.82, 2.24) is 9.97 Å². The van der Waals surface area contributed by atoms with E-state index in [4.69, 9.17) is 5.73 Å². The summed E-state index contributed by atoms with van der Waals surface area (Å²) in [6.45, 7) is 2.01. The largest absolute Gasteiger partial charge is 0.326 e. The Morgan fingerprint density at radius 3 is 2.52 bits per heavy atom. The van der Waals surface area contributed by atoms with Crippen molar-refractivity contribution in [1.29, 1.82) is 0 Å². The molecule has 0 atom stereocenters. The standard InChI is InChI=1S/C14H15F2N3OS/c1-2-3-9-6-12(20)19-14(18-9)21-13-10(15)4-8(7-17)5-11(13)16/h4-6H,2-3,7,17H2,1H3,(H,18,19,20). The molecule has 0 saturated carbocycles. The maximum Gasteiger partial charge on any atom is 0.251 e. The van der Waals surface area contributed by atoms with Gasteiger partial charge in [0.1, 0.15) is 11.6 Å². The minimum absolute atomic E-state index is 0.0554. The lowest BCUT2D eigenvalue weighted by molar-refractivity contribution is 0.537. The minimum atomic E-state index is -0.719. The second-order valence-corrected chi connectivity index (χ2v) is 5.49. The van der Waals surface area contributed by atoms with Crippen LogP contribution in [0, 0.1) is 11.6 Å². The van der Waals surface area contributed by atoms with Gasteiger partial charge in [0.2, 0.25) is 0 Å².